The minimum absolute atomic E-state index is 0.0923. The second-order valence-corrected chi connectivity index (χ2v) is 5.35. The second-order valence-electron chi connectivity index (χ2n) is 4.92. The molecule has 0 heterocycles. The molecule has 1 unspecified atom stereocenters. The van der Waals surface area contributed by atoms with Gasteiger partial charge in [-0.3, -0.25) is 14.9 Å². The molecule has 1 amide bonds. The SMILES string of the molecule is COc1ccc(C(O)CNC(=O)c2ccc(Cl)cc2[N+](=O)[O-])cc1. The lowest BCUT2D eigenvalue weighted by molar-refractivity contribution is -0.385. The number of amides is 1. The maximum Gasteiger partial charge on any atom is 0.283 e. The van der Waals surface area contributed by atoms with Gasteiger partial charge in [-0.1, -0.05) is 23.7 Å². The topological polar surface area (TPSA) is 102 Å². The highest BCUT2D eigenvalue weighted by Gasteiger charge is 2.21. The van der Waals surface area contributed by atoms with Crippen molar-refractivity contribution < 1.29 is 19.6 Å². The number of nitrogens with zero attached hydrogens (tertiary/aromatic N) is 1. The van der Waals surface area contributed by atoms with E-state index in [1.807, 2.05) is 0 Å². The molecule has 0 aliphatic carbocycles. The van der Waals surface area contributed by atoms with Crippen LogP contribution in [0, 0.1) is 10.1 Å². The van der Waals surface area contributed by atoms with Gasteiger partial charge in [0.05, 0.1) is 18.1 Å². The van der Waals surface area contributed by atoms with Crippen LogP contribution in [0.2, 0.25) is 5.02 Å². The fourth-order valence-electron chi connectivity index (χ4n) is 2.08. The van der Waals surface area contributed by atoms with Crippen LogP contribution >= 0.6 is 11.6 Å². The minimum Gasteiger partial charge on any atom is -0.497 e. The van der Waals surface area contributed by atoms with Gasteiger partial charge in [0.25, 0.3) is 11.6 Å². The Labute approximate surface area is 143 Å². The van der Waals surface area contributed by atoms with Gasteiger partial charge in [0, 0.05) is 17.6 Å². The molecule has 0 aromatic heterocycles. The van der Waals surface area contributed by atoms with Crippen LogP contribution < -0.4 is 10.1 Å². The van der Waals surface area contributed by atoms with Crippen LogP contribution in [0.1, 0.15) is 22.0 Å². The van der Waals surface area contributed by atoms with Gasteiger partial charge in [-0.2, -0.15) is 0 Å². The molecule has 0 bridgehead atoms. The van der Waals surface area contributed by atoms with Gasteiger partial charge in [-0.15, -0.1) is 0 Å². The Balaban J connectivity index is 2.06. The summed E-state index contributed by atoms with van der Waals surface area (Å²) in [7, 11) is 1.53. The summed E-state index contributed by atoms with van der Waals surface area (Å²) in [6.45, 7) is -0.0923. The Morgan fingerprint density at radius 2 is 2.00 bits per heavy atom. The number of nitrogens with one attached hydrogen (secondary N) is 1. The Bertz CT molecular complexity index is 749. The third-order valence-corrected chi connectivity index (χ3v) is 3.59. The quantitative estimate of drug-likeness (QED) is 0.616. The molecule has 8 heteroatoms. The van der Waals surface area contributed by atoms with Crippen LogP contribution in [-0.4, -0.2) is 29.6 Å². The van der Waals surface area contributed by atoms with Gasteiger partial charge in [0.1, 0.15) is 11.3 Å². The van der Waals surface area contributed by atoms with Gasteiger partial charge in [0.2, 0.25) is 0 Å². The van der Waals surface area contributed by atoms with Gasteiger partial charge in [-0.25, -0.2) is 0 Å². The number of nitro benzene ring substituents is 1. The molecule has 126 valence electrons. The highest BCUT2D eigenvalue weighted by atomic mass is 35.5. The maximum absolute atomic E-state index is 12.1. The second kappa shape index (κ2) is 7.76. The Morgan fingerprint density at radius 3 is 2.58 bits per heavy atom. The molecule has 2 aromatic rings. The summed E-state index contributed by atoms with van der Waals surface area (Å²) in [5.74, 6) is -0.0160. The number of halogens is 1. The summed E-state index contributed by atoms with van der Waals surface area (Å²) in [5, 5.41) is 23.7. The van der Waals surface area contributed by atoms with E-state index >= 15 is 0 Å². The number of carbonyl (C=O) groups excluding carboxylic acids is 1. The third-order valence-electron chi connectivity index (χ3n) is 3.36. The minimum atomic E-state index is -0.953. The number of methoxy groups -OCH3 is 1. The number of carbonyl (C=O) groups is 1. The molecular formula is C16H15ClN2O5. The molecule has 0 fully saturated rings. The molecule has 0 aliphatic heterocycles. The van der Waals surface area contributed by atoms with Crippen LogP contribution in [0.5, 0.6) is 5.75 Å². The molecule has 2 rings (SSSR count). The molecule has 0 aliphatic rings. The molecule has 7 nitrogen and oxygen atoms in total. The van der Waals surface area contributed by atoms with Crippen molar-refractivity contribution >= 4 is 23.2 Å². The summed E-state index contributed by atoms with van der Waals surface area (Å²) >= 11 is 5.71. The number of rotatable bonds is 6. The standard InChI is InChI=1S/C16H15ClN2O5/c1-24-12-5-2-10(3-6-12)15(20)9-18-16(21)13-7-4-11(17)8-14(13)19(22)23/h2-8,15,20H,9H2,1H3,(H,18,21). The van der Waals surface area contributed by atoms with Crippen LogP contribution in [0.4, 0.5) is 5.69 Å². The zero-order chi connectivity index (χ0) is 17.7. The van der Waals surface area contributed by atoms with Crippen molar-refractivity contribution in [1.82, 2.24) is 5.32 Å². The van der Waals surface area contributed by atoms with Crippen molar-refractivity contribution in [3.05, 3.63) is 68.7 Å². The number of nitro groups is 1. The Kier molecular flexibility index (Phi) is 5.73. The van der Waals surface area contributed by atoms with Crippen molar-refractivity contribution in [3.63, 3.8) is 0 Å². The van der Waals surface area contributed by atoms with Crippen molar-refractivity contribution in [2.45, 2.75) is 6.10 Å². The van der Waals surface area contributed by atoms with Gasteiger partial charge < -0.3 is 15.2 Å². The number of benzene rings is 2. The lowest BCUT2D eigenvalue weighted by atomic mass is 10.1. The fraction of sp³-hybridized carbons (Fsp3) is 0.188. The first-order valence-corrected chi connectivity index (χ1v) is 7.34. The summed E-state index contributed by atoms with van der Waals surface area (Å²) < 4.78 is 5.02. The van der Waals surface area contributed by atoms with Gasteiger partial charge in [-0.05, 0) is 29.8 Å². The summed E-state index contributed by atoms with van der Waals surface area (Å²) in [4.78, 5) is 22.5. The van der Waals surface area contributed by atoms with E-state index in [1.54, 1.807) is 24.3 Å². The summed E-state index contributed by atoms with van der Waals surface area (Å²) in [6, 6.07) is 10.5. The molecular weight excluding hydrogens is 336 g/mol. The molecule has 0 saturated heterocycles. The van der Waals surface area contributed by atoms with E-state index in [9.17, 15) is 20.0 Å². The van der Waals surface area contributed by atoms with E-state index in [-0.39, 0.29) is 22.8 Å². The van der Waals surface area contributed by atoms with E-state index in [1.165, 1.54) is 19.2 Å². The zero-order valence-electron chi connectivity index (χ0n) is 12.7. The van der Waals surface area contributed by atoms with Crippen LogP contribution in [0.3, 0.4) is 0 Å². The third kappa shape index (κ3) is 4.21. The number of hydrogen-bond acceptors (Lipinski definition) is 5. The molecule has 0 saturated carbocycles. The molecule has 24 heavy (non-hydrogen) atoms. The normalized spacial score (nSPS) is 11.6. The van der Waals surface area contributed by atoms with Crippen molar-refractivity contribution in [2.75, 3.05) is 13.7 Å². The largest absolute Gasteiger partial charge is 0.497 e. The van der Waals surface area contributed by atoms with Crippen LogP contribution in [0.25, 0.3) is 0 Å². The lowest BCUT2D eigenvalue weighted by Crippen LogP contribution is -2.28. The van der Waals surface area contributed by atoms with Crippen LogP contribution in [0.15, 0.2) is 42.5 Å². The van der Waals surface area contributed by atoms with Crippen molar-refractivity contribution in [2.24, 2.45) is 0 Å². The van der Waals surface area contributed by atoms with E-state index in [0.717, 1.165) is 6.07 Å². The first-order chi connectivity index (χ1) is 11.4. The Morgan fingerprint density at radius 1 is 1.33 bits per heavy atom. The first kappa shape index (κ1) is 17.7. The molecule has 0 radical (unpaired) electrons. The van der Waals surface area contributed by atoms with Gasteiger partial charge >= 0.3 is 0 Å². The first-order valence-electron chi connectivity index (χ1n) is 6.96. The highest BCUT2D eigenvalue weighted by Crippen LogP contribution is 2.23. The van der Waals surface area contributed by atoms with E-state index in [2.05, 4.69) is 5.32 Å². The molecule has 0 spiro atoms. The lowest BCUT2D eigenvalue weighted by Gasteiger charge is -2.13. The monoisotopic (exact) mass is 350 g/mol. The average Bonchev–Trinajstić information content (AvgIpc) is 2.59. The number of hydrogen-bond donors (Lipinski definition) is 2. The molecule has 2 aromatic carbocycles. The van der Waals surface area contributed by atoms with Crippen molar-refractivity contribution in [1.29, 1.82) is 0 Å². The average molecular weight is 351 g/mol. The number of aliphatic hydroxyl groups is 1. The predicted octanol–water partition coefficient (Wildman–Crippen LogP) is 2.72. The number of ether oxygens (including phenoxy) is 1. The Hall–Kier alpha value is -2.64. The predicted molar refractivity (Wildman–Crippen MR) is 88.4 cm³/mol. The van der Waals surface area contributed by atoms with E-state index in [4.69, 9.17) is 16.3 Å². The van der Waals surface area contributed by atoms with Gasteiger partial charge in [0.15, 0.2) is 0 Å². The zero-order valence-corrected chi connectivity index (χ0v) is 13.5. The highest BCUT2D eigenvalue weighted by molar-refractivity contribution is 6.31. The van der Waals surface area contributed by atoms with E-state index in [0.29, 0.717) is 11.3 Å². The summed E-state index contributed by atoms with van der Waals surface area (Å²) in [6.07, 6.45) is -0.953. The number of aliphatic hydroxyl groups excluding tert-OH is 1. The van der Waals surface area contributed by atoms with Crippen molar-refractivity contribution in [3.8, 4) is 5.75 Å². The van der Waals surface area contributed by atoms with E-state index < -0.39 is 16.9 Å². The van der Waals surface area contributed by atoms with Crippen LogP contribution in [-0.2, 0) is 0 Å². The fourth-order valence-corrected chi connectivity index (χ4v) is 2.24. The maximum atomic E-state index is 12.1. The smallest absolute Gasteiger partial charge is 0.283 e. The summed E-state index contributed by atoms with van der Waals surface area (Å²) in [5.41, 5.74) is 0.0759. The molecule has 2 N–H and O–H groups in total. The molecule has 1 atom stereocenters.